The van der Waals surface area contributed by atoms with Gasteiger partial charge in [0.2, 0.25) is 0 Å². The molecule has 0 saturated heterocycles. The molecule has 1 N–H and O–H groups in total. The Morgan fingerprint density at radius 2 is 1.93 bits per heavy atom. The lowest BCUT2D eigenvalue weighted by Gasteiger charge is -2.14. The number of rotatable bonds is 0. The zero-order valence-electron chi connectivity index (χ0n) is 8.24. The van der Waals surface area contributed by atoms with Gasteiger partial charge in [-0.1, -0.05) is 22.0 Å². The fourth-order valence-corrected chi connectivity index (χ4v) is 2.29. The molecule has 80 valence electrons. The van der Waals surface area contributed by atoms with Crippen LogP contribution in [-0.2, 0) is 12.8 Å². The van der Waals surface area contributed by atoms with Crippen molar-refractivity contribution in [3.8, 4) is 0 Å². The summed E-state index contributed by atoms with van der Waals surface area (Å²) in [6.45, 7) is 1.20. The molecule has 1 aromatic carbocycles. The number of halogens is 1. The Balaban J connectivity index is 2.21. The Morgan fingerprint density at radius 3 is 2.60 bits per heavy atom. The van der Waals surface area contributed by atoms with E-state index in [0.29, 0.717) is 13.1 Å². The van der Waals surface area contributed by atoms with E-state index in [0.717, 1.165) is 17.3 Å². The molecule has 1 aliphatic rings. The van der Waals surface area contributed by atoms with Gasteiger partial charge in [-0.2, -0.15) is 0 Å². The van der Waals surface area contributed by atoms with Crippen LogP contribution in [0.4, 0.5) is 4.79 Å². The molecule has 0 aromatic heterocycles. The molecule has 2 rings (SSSR count). The van der Waals surface area contributed by atoms with Crippen molar-refractivity contribution in [3.63, 3.8) is 0 Å². The minimum atomic E-state index is -0.818. The molecule has 1 aromatic rings. The number of carboxylic acid groups (broad SMARTS) is 1. The van der Waals surface area contributed by atoms with Gasteiger partial charge >= 0.3 is 6.09 Å². The minimum Gasteiger partial charge on any atom is -0.465 e. The van der Waals surface area contributed by atoms with Crippen LogP contribution >= 0.6 is 15.9 Å². The Bertz CT molecular complexity index is 392. The van der Waals surface area contributed by atoms with Gasteiger partial charge in [-0.25, -0.2) is 4.79 Å². The van der Waals surface area contributed by atoms with E-state index in [1.807, 2.05) is 6.07 Å². The Kier molecular flexibility index (Phi) is 2.95. The van der Waals surface area contributed by atoms with Crippen molar-refractivity contribution in [1.82, 2.24) is 4.90 Å². The normalized spacial score (nSPS) is 15.7. The van der Waals surface area contributed by atoms with Crippen molar-refractivity contribution in [3.05, 3.63) is 33.8 Å². The molecule has 0 fully saturated rings. The lowest BCUT2D eigenvalue weighted by Crippen LogP contribution is -2.31. The third-order valence-corrected chi connectivity index (χ3v) is 3.23. The summed E-state index contributed by atoms with van der Waals surface area (Å²) in [4.78, 5) is 12.3. The van der Waals surface area contributed by atoms with Crippen molar-refractivity contribution >= 4 is 22.0 Å². The molecule has 3 nitrogen and oxygen atoms in total. The van der Waals surface area contributed by atoms with Crippen LogP contribution < -0.4 is 0 Å². The molecule has 0 saturated carbocycles. The predicted octanol–water partition coefficient (Wildman–Crippen LogP) is 2.53. The van der Waals surface area contributed by atoms with E-state index < -0.39 is 6.09 Å². The second-order valence-corrected chi connectivity index (χ2v) is 4.60. The van der Waals surface area contributed by atoms with Gasteiger partial charge in [-0.3, -0.25) is 0 Å². The van der Waals surface area contributed by atoms with Gasteiger partial charge in [0.1, 0.15) is 0 Å². The number of nitrogens with zero attached hydrogens (tertiary/aromatic N) is 1. The summed E-state index contributed by atoms with van der Waals surface area (Å²) < 4.78 is 1.06. The molecule has 15 heavy (non-hydrogen) atoms. The number of hydrogen-bond acceptors (Lipinski definition) is 1. The topological polar surface area (TPSA) is 40.5 Å². The summed E-state index contributed by atoms with van der Waals surface area (Å²) in [5.41, 5.74) is 2.52. The highest BCUT2D eigenvalue weighted by Gasteiger charge is 2.17. The predicted molar refractivity (Wildman–Crippen MR) is 61.1 cm³/mol. The molecular formula is C11H12BrNO2. The number of amides is 1. The quantitative estimate of drug-likeness (QED) is 0.787. The highest BCUT2D eigenvalue weighted by atomic mass is 79.9. The average molecular weight is 270 g/mol. The van der Waals surface area contributed by atoms with E-state index in [9.17, 15) is 4.79 Å². The molecule has 0 aliphatic carbocycles. The number of carbonyl (C=O) groups is 1. The van der Waals surface area contributed by atoms with Gasteiger partial charge in [0.25, 0.3) is 0 Å². The van der Waals surface area contributed by atoms with E-state index in [4.69, 9.17) is 5.11 Å². The fraction of sp³-hybridized carbons (Fsp3) is 0.364. The van der Waals surface area contributed by atoms with E-state index in [1.54, 1.807) is 0 Å². The smallest absolute Gasteiger partial charge is 0.407 e. The summed E-state index contributed by atoms with van der Waals surface area (Å²) in [6, 6.07) is 6.17. The first-order chi connectivity index (χ1) is 7.16. The Morgan fingerprint density at radius 1 is 1.27 bits per heavy atom. The van der Waals surface area contributed by atoms with Gasteiger partial charge < -0.3 is 10.0 Å². The molecule has 0 unspecified atom stereocenters. The van der Waals surface area contributed by atoms with Crippen molar-refractivity contribution in [2.24, 2.45) is 0 Å². The highest BCUT2D eigenvalue weighted by Crippen LogP contribution is 2.20. The van der Waals surface area contributed by atoms with Crippen LogP contribution in [0.3, 0.4) is 0 Å². The standard InChI is InChI=1S/C11H12BrNO2/c12-10-2-1-8-3-5-13(11(14)15)6-4-9(8)7-10/h1-2,7H,3-6H2,(H,14,15). The zero-order valence-corrected chi connectivity index (χ0v) is 9.83. The fourth-order valence-electron chi connectivity index (χ4n) is 1.89. The third-order valence-electron chi connectivity index (χ3n) is 2.74. The molecule has 1 aliphatic heterocycles. The van der Waals surface area contributed by atoms with Crippen LogP contribution in [0, 0.1) is 0 Å². The third kappa shape index (κ3) is 2.31. The number of hydrogen-bond donors (Lipinski definition) is 1. The average Bonchev–Trinajstić information content (AvgIpc) is 2.39. The molecule has 0 bridgehead atoms. The van der Waals surface area contributed by atoms with Gasteiger partial charge in [-0.05, 0) is 36.1 Å². The first-order valence-electron chi connectivity index (χ1n) is 4.92. The lowest BCUT2D eigenvalue weighted by atomic mass is 10.0. The maximum absolute atomic E-state index is 10.8. The van der Waals surface area contributed by atoms with Crippen molar-refractivity contribution in [2.75, 3.05) is 13.1 Å². The molecule has 1 amide bonds. The molecular weight excluding hydrogens is 258 g/mol. The van der Waals surface area contributed by atoms with E-state index in [2.05, 4.69) is 28.1 Å². The van der Waals surface area contributed by atoms with Crippen LogP contribution in [-0.4, -0.2) is 29.2 Å². The maximum Gasteiger partial charge on any atom is 0.407 e. The summed E-state index contributed by atoms with van der Waals surface area (Å²) in [6.07, 6.45) is 0.803. The van der Waals surface area contributed by atoms with Crippen LogP contribution in [0.25, 0.3) is 0 Å². The largest absolute Gasteiger partial charge is 0.465 e. The van der Waals surface area contributed by atoms with Gasteiger partial charge in [0.05, 0.1) is 0 Å². The SMILES string of the molecule is O=C(O)N1CCc2ccc(Br)cc2CC1. The lowest BCUT2D eigenvalue weighted by molar-refractivity contribution is 0.147. The van der Waals surface area contributed by atoms with Crippen molar-refractivity contribution in [1.29, 1.82) is 0 Å². The van der Waals surface area contributed by atoms with Crippen LogP contribution in [0.1, 0.15) is 11.1 Å². The molecule has 0 spiro atoms. The van der Waals surface area contributed by atoms with E-state index in [-0.39, 0.29) is 0 Å². The monoisotopic (exact) mass is 269 g/mol. The minimum absolute atomic E-state index is 0.596. The zero-order chi connectivity index (χ0) is 10.8. The van der Waals surface area contributed by atoms with Gasteiger partial charge in [0.15, 0.2) is 0 Å². The molecule has 4 heteroatoms. The first-order valence-corrected chi connectivity index (χ1v) is 5.71. The van der Waals surface area contributed by atoms with E-state index in [1.165, 1.54) is 16.0 Å². The van der Waals surface area contributed by atoms with Gasteiger partial charge in [0, 0.05) is 17.6 Å². The molecule has 0 atom stereocenters. The van der Waals surface area contributed by atoms with Crippen molar-refractivity contribution in [2.45, 2.75) is 12.8 Å². The summed E-state index contributed by atoms with van der Waals surface area (Å²) in [7, 11) is 0. The van der Waals surface area contributed by atoms with Crippen LogP contribution in [0.2, 0.25) is 0 Å². The number of fused-ring (bicyclic) bond motifs is 1. The van der Waals surface area contributed by atoms with Crippen LogP contribution in [0.15, 0.2) is 22.7 Å². The highest BCUT2D eigenvalue weighted by molar-refractivity contribution is 9.10. The Labute approximate surface area is 96.8 Å². The molecule has 0 radical (unpaired) electrons. The summed E-state index contributed by atoms with van der Waals surface area (Å²) in [5, 5.41) is 8.91. The molecule has 1 heterocycles. The summed E-state index contributed by atoms with van der Waals surface area (Å²) >= 11 is 3.43. The summed E-state index contributed by atoms with van der Waals surface area (Å²) in [5.74, 6) is 0. The maximum atomic E-state index is 10.8. The van der Waals surface area contributed by atoms with Gasteiger partial charge in [-0.15, -0.1) is 0 Å². The van der Waals surface area contributed by atoms with Crippen LogP contribution in [0.5, 0.6) is 0 Å². The number of benzene rings is 1. The second-order valence-electron chi connectivity index (χ2n) is 3.68. The first kappa shape index (κ1) is 10.5. The Hall–Kier alpha value is -1.03. The van der Waals surface area contributed by atoms with E-state index >= 15 is 0 Å². The van der Waals surface area contributed by atoms with Crippen molar-refractivity contribution < 1.29 is 9.90 Å². The second kappa shape index (κ2) is 4.23.